The molecule has 1 aliphatic heterocycles. The maximum atomic E-state index is 11.7. The van der Waals surface area contributed by atoms with Crippen LogP contribution in [0.1, 0.15) is 18.4 Å². The molecule has 0 saturated carbocycles. The Bertz CT molecular complexity index is 504. The van der Waals surface area contributed by atoms with Gasteiger partial charge in [-0.3, -0.25) is 0 Å². The molecule has 1 aromatic carbocycles. The minimum atomic E-state index is -3.38. The average Bonchev–Trinajstić information content (AvgIpc) is 2.68. The third-order valence-electron chi connectivity index (χ3n) is 3.08. The fourth-order valence-electron chi connectivity index (χ4n) is 2.36. The van der Waals surface area contributed by atoms with Crippen molar-refractivity contribution in [1.29, 1.82) is 0 Å². The van der Waals surface area contributed by atoms with E-state index in [1.807, 2.05) is 0 Å². The molecule has 1 fully saturated rings. The number of hydrogen-bond donors (Lipinski definition) is 2. The lowest BCUT2D eigenvalue weighted by atomic mass is 10.0. The Labute approximate surface area is 102 Å². The molecule has 5 heteroatoms. The van der Waals surface area contributed by atoms with Crippen LogP contribution in [0.25, 0.3) is 0 Å². The van der Waals surface area contributed by atoms with Crippen LogP contribution in [-0.2, 0) is 16.3 Å². The summed E-state index contributed by atoms with van der Waals surface area (Å²) in [6.45, 7) is 0.984. The van der Waals surface area contributed by atoms with Crippen LogP contribution < -0.4 is 5.32 Å². The SMILES string of the molecule is CS(=O)(=O)c1c(O)cccc1CC1CCCN1. The van der Waals surface area contributed by atoms with Crippen molar-refractivity contribution in [1.82, 2.24) is 5.32 Å². The third kappa shape index (κ3) is 2.79. The zero-order valence-electron chi connectivity index (χ0n) is 9.81. The number of benzene rings is 1. The van der Waals surface area contributed by atoms with E-state index in [1.165, 1.54) is 6.07 Å². The summed E-state index contributed by atoms with van der Waals surface area (Å²) in [6.07, 6.45) is 3.96. The summed E-state index contributed by atoms with van der Waals surface area (Å²) in [6, 6.07) is 5.20. The zero-order chi connectivity index (χ0) is 12.5. The molecule has 0 aromatic heterocycles. The second-order valence-electron chi connectivity index (χ2n) is 4.53. The van der Waals surface area contributed by atoms with Crippen LogP contribution >= 0.6 is 0 Å². The van der Waals surface area contributed by atoms with Crippen molar-refractivity contribution in [2.24, 2.45) is 0 Å². The summed E-state index contributed by atoms with van der Waals surface area (Å²) < 4.78 is 23.3. The minimum Gasteiger partial charge on any atom is -0.507 e. The van der Waals surface area contributed by atoms with Gasteiger partial charge in [-0.1, -0.05) is 12.1 Å². The topological polar surface area (TPSA) is 66.4 Å². The van der Waals surface area contributed by atoms with Crippen LogP contribution in [0.3, 0.4) is 0 Å². The zero-order valence-corrected chi connectivity index (χ0v) is 10.6. The summed E-state index contributed by atoms with van der Waals surface area (Å²) >= 11 is 0. The molecule has 1 heterocycles. The number of nitrogens with one attached hydrogen (secondary N) is 1. The van der Waals surface area contributed by atoms with Crippen LogP contribution in [0.4, 0.5) is 0 Å². The molecule has 1 unspecified atom stereocenters. The van der Waals surface area contributed by atoms with E-state index in [-0.39, 0.29) is 10.6 Å². The molecule has 1 aliphatic rings. The summed E-state index contributed by atoms with van der Waals surface area (Å²) in [7, 11) is -3.38. The Hall–Kier alpha value is -1.07. The monoisotopic (exact) mass is 255 g/mol. The van der Waals surface area contributed by atoms with Gasteiger partial charge < -0.3 is 10.4 Å². The Balaban J connectivity index is 2.36. The Morgan fingerprint density at radius 2 is 2.24 bits per heavy atom. The highest BCUT2D eigenvalue weighted by atomic mass is 32.2. The Morgan fingerprint density at radius 3 is 2.82 bits per heavy atom. The molecule has 1 aromatic rings. The smallest absolute Gasteiger partial charge is 0.179 e. The van der Waals surface area contributed by atoms with Crippen molar-refractivity contribution in [2.45, 2.75) is 30.2 Å². The highest BCUT2D eigenvalue weighted by Crippen LogP contribution is 2.28. The fraction of sp³-hybridized carbons (Fsp3) is 0.500. The summed E-state index contributed by atoms with van der Waals surface area (Å²) in [5.74, 6) is -0.150. The van der Waals surface area contributed by atoms with Gasteiger partial charge in [-0.2, -0.15) is 0 Å². The number of rotatable bonds is 3. The van der Waals surface area contributed by atoms with Gasteiger partial charge >= 0.3 is 0 Å². The van der Waals surface area contributed by atoms with Crippen molar-refractivity contribution in [3.8, 4) is 5.75 Å². The summed E-state index contributed by atoms with van der Waals surface area (Å²) in [5, 5.41) is 13.0. The van der Waals surface area contributed by atoms with Gasteiger partial charge in [0.05, 0.1) is 0 Å². The summed E-state index contributed by atoms with van der Waals surface area (Å²) in [4.78, 5) is 0.0775. The van der Waals surface area contributed by atoms with Gasteiger partial charge in [0.2, 0.25) is 0 Å². The molecule has 94 valence electrons. The number of aromatic hydroxyl groups is 1. The number of phenols is 1. The average molecular weight is 255 g/mol. The van der Waals surface area contributed by atoms with Gasteiger partial charge in [-0.05, 0) is 37.4 Å². The molecule has 0 spiro atoms. The van der Waals surface area contributed by atoms with Gasteiger partial charge in [0.25, 0.3) is 0 Å². The normalized spacial score (nSPS) is 20.6. The molecule has 2 rings (SSSR count). The quantitative estimate of drug-likeness (QED) is 0.848. The van der Waals surface area contributed by atoms with Gasteiger partial charge in [-0.25, -0.2) is 8.42 Å². The predicted molar refractivity (Wildman–Crippen MR) is 65.9 cm³/mol. The number of phenolic OH excluding ortho intramolecular Hbond substituents is 1. The highest BCUT2D eigenvalue weighted by Gasteiger charge is 2.22. The standard InChI is InChI=1S/C12H17NO3S/c1-17(15,16)12-9(4-2-6-11(12)14)8-10-5-3-7-13-10/h2,4,6,10,13-14H,3,5,7-8H2,1H3. The lowest BCUT2D eigenvalue weighted by molar-refractivity contribution is 0.455. The van der Waals surface area contributed by atoms with Crippen molar-refractivity contribution in [3.05, 3.63) is 23.8 Å². The van der Waals surface area contributed by atoms with Crippen molar-refractivity contribution in [2.75, 3.05) is 12.8 Å². The second kappa shape index (κ2) is 4.66. The largest absolute Gasteiger partial charge is 0.507 e. The molecule has 0 aliphatic carbocycles. The maximum absolute atomic E-state index is 11.7. The van der Waals surface area contributed by atoms with E-state index in [0.717, 1.165) is 25.6 Å². The molecular formula is C12H17NO3S. The van der Waals surface area contributed by atoms with Crippen LogP contribution in [0.2, 0.25) is 0 Å². The van der Waals surface area contributed by atoms with Crippen LogP contribution in [0.15, 0.2) is 23.1 Å². The molecule has 1 saturated heterocycles. The van der Waals surface area contributed by atoms with Gasteiger partial charge in [0.15, 0.2) is 9.84 Å². The van der Waals surface area contributed by atoms with Gasteiger partial charge in [-0.15, -0.1) is 0 Å². The maximum Gasteiger partial charge on any atom is 0.179 e. The molecule has 1 atom stereocenters. The molecule has 0 amide bonds. The van der Waals surface area contributed by atoms with E-state index in [1.54, 1.807) is 12.1 Å². The van der Waals surface area contributed by atoms with E-state index in [2.05, 4.69) is 5.32 Å². The molecule has 0 bridgehead atoms. The second-order valence-corrected chi connectivity index (χ2v) is 6.49. The molecule has 17 heavy (non-hydrogen) atoms. The molecule has 2 N–H and O–H groups in total. The first kappa shape index (κ1) is 12.4. The first-order chi connectivity index (χ1) is 7.98. The lowest BCUT2D eigenvalue weighted by Crippen LogP contribution is -2.24. The highest BCUT2D eigenvalue weighted by molar-refractivity contribution is 7.90. The van der Waals surface area contributed by atoms with Crippen molar-refractivity contribution < 1.29 is 13.5 Å². The molecule has 4 nitrogen and oxygen atoms in total. The van der Waals surface area contributed by atoms with Crippen LogP contribution in [0.5, 0.6) is 5.75 Å². The Morgan fingerprint density at radius 1 is 1.47 bits per heavy atom. The lowest BCUT2D eigenvalue weighted by Gasteiger charge is -2.14. The van der Waals surface area contributed by atoms with E-state index in [9.17, 15) is 13.5 Å². The predicted octanol–water partition coefficient (Wildman–Crippen LogP) is 1.09. The van der Waals surface area contributed by atoms with Crippen molar-refractivity contribution >= 4 is 9.84 Å². The van der Waals surface area contributed by atoms with Gasteiger partial charge in [0.1, 0.15) is 10.6 Å². The minimum absolute atomic E-state index is 0.0775. The van der Waals surface area contributed by atoms with E-state index >= 15 is 0 Å². The first-order valence-electron chi connectivity index (χ1n) is 5.73. The third-order valence-corrected chi connectivity index (χ3v) is 4.29. The summed E-state index contributed by atoms with van der Waals surface area (Å²) in [5.41, 5.74) is 0.701. The Kier molecular flexibility index (Phi) is 3.40. The van der Waals surface area contributed by atoms with Crippen LogP contribution in [-0.4, -0.2) is 32.4 Å². The molecule has 0 radical (unpaired) electrons. The van der Waals surface area contributed by atoms with Gasteiger partial charge in [0, 0.05) is 12.3 Å². The fourth-order valence-corrected chi connectivity index (χ4v) is 3.43. The van der Waals surface area contributed by atoms with E-state index < -0.39 is 9.84 Å². The van der Waals surface area contributed by atoms with Crippen LogP contribution in [0, 0.1) is 0 Å². The molecular weight excluding hydrogens is 238 g/mol. The first-order valence-corrected chi connectivity index (χ1v) is 7.62. The van der Waals surface area contributed by atoms with E-state index in [4.69, 9.17) is 0 Å². The number of sulfone groups is 1. The van der Waals surface area contributed by atoms with Crippen molar-refractivity contribution in [3.63, 3.8) is 0 Å². The van der Waals surface area contributed by atoms with E-state index in [0.29, 0.717) is 18.0 Å². The number of hydrogen-bond acceptors (Lipinski definition) is 4.